The monoisotopic (exact) mass is 350 g/mol. The molecular formula is C20H34N2O3. The van der Waals surface area contributed by atoms with Gasteiger partial charge in [0, 0.05) is 19.6 Å². The van der Waals surface area contributed by atoms with E-state index in [0.717, 1.165) is 24.8 Å². The molecule has 1 aliphatic heterocycles. The lowest BCUT2D eigenvalue weighted by atomic mass is 9.45. The summed E-state index contributed by atoms with van der Waals surface area (Å²) in [7, 11) is 0. The van der Waals surface area contributed by atoms with Crippen LogP contribution < -0.4 is 5.32 Å². The molecule has 3 aliphatic carbocycles. The summed E-state index contributed by atoms with van der Waals surface area (Å²) in [5.41, 5.74) is -0.0413. The third-order valence-electron chi connectivity index (χ3n) is 6.75. The Labute approximate surface area is 151 Å². The van der Waals surface area contributed by atoms with Gasteiger partial charge in [-0.25, -0.2) is 4.79 Å². The summed E-state index contributed by atoms with van der Waals surface area (Å²) < 4.78 is 5.40. The van der Waals surface area contributed by atoms with Crippen molar-refractivity contribution in [1.82, 2.24) is 10.2 Å². The maximum Gasteiger partial charge on any atom is 0.410 e. The van der Waals surface area contributed by atoms with Crippen molar-refractivity contribution in [1.29, 1.82) is 0 Å². The predicted octanol–water partition coefficient (Wildman–Crippen LogP) is 3.43. The third-order valence-corrected chi connectivity index (χ3v) is 6.75. The van der Waals surface area contributed by atoms with Crippen LogP contribution in [-0.2, 0) is 9.53 Å². The highest BCUT2D eigenvalue weighted by Gasteiger charge is 2.54. The van der Waals surface area contributed by atoms with Crippen molar-refractivity contribution in [3.05, 3.63) is 0 Å². The summed E-state index contributed by atoms with van der Waals surface area (Å²) >= 11 is 0. The van der Waals surface area contributed by atoms with Gasteiger partial charge in [-0.15, -0.1) is 0 Å². The minimum Gasteiger partial charge on any atom is -0.444 e. The normalized spacial score (nSPS) is 33.6. The number of ether oxygens (including phenoxy) is 1. The fourth-order valence-electron chi connectivity index (χ4n) is 5.05. The number of nitrogens with zero attached hydrogens (tertiary/aromatic N) is 1. The van der Waals surface area contributed by atoms with Crippen LogP contribution >= 0.6 is 0 Å². The van der Waals surface area contributed by atoms with Crippen LogP contribution in [0.4, 0.5) is 4.79 Å². The van der Waals surface area contributed by atoms with Gasteiger partial charge < -0.3 is 15.0 Å². The van der Waals surface area contributed by atoms with Gasteiger partial charge in [0.15, 0.2) is 0 Å². The minimum atomic E-state index is -0.494. The van der Waals surface area contributed by atoms with Crippen molar-refractivity contribution >= 4 is 12.0 Å². The Kier molecular flexibility index (Phi) is 4.80. The Balaban J connectivity index is 1.44. The molecule has 4 fully saturated rings. The fourth-order valence-corrected chi connectivity index (χ4v) is 5.05. The summed E-state index contributed by atoms with van der Waals surface area (Å²) in [6.45, 7) is 12.2. The molecule has 0 aromatic heterocycles. The molecule has 0 aromatic carbocycles. The standard InChI is InChI=1S/C20H34N2O3/c1-19(2,3)25-18(24)22-9-8-14(12-22)17(23)21-11-13-6-7-15-10-16(13)20(15,4)5/h13-16H,6-12H2,1-5H3,(H,21,23)/t13-,14?,15-,16+/m0/s1. The summed E-state index contributed by atoms with van der Waals surface area (Å²) in [6, 6.07) is 0. The molecule has 3 saturated carbocycles. The Morgan fingerprint density at radius 3 is 2.52 bits per heavy atom. The van der Waals surface area contributed by atoms with E-state index in [0.29, 0.717) is 24.4 Å². The van der Waals surface area contributed by atoms with Crippen LogP contribution in [0.5, 0.6) is 0 Å². The van der Waals surface area contributed by atoms with Gasteiger partial charge in [-0.3, -0.25) is 4.79 Å². The smallest absolute Gasteiger partial charge is 0.410 e. The molecule has 25 heavy (non-hydrogen) atoms. The van der Waals surface area contributed by atoms with E-state index >= 15 is 0 Å². The highest BCUT2D eigenvalue weighted by molar-refractivity contribution is 5.80. The molecule has 0 spiro atoms. The molecule has 1 N–H and O–H groups in total. The summed E-state index contributed by atoms with van der Waals surface area (Å²) in [6.07, 6.45) is 4.31. The zero-order chi connectivity index (χ0) is 18.4. The molecule has 0 radical (unpaired) electrons. The van der Waals surface area contributed by atoms with E-state index in [2.05, 4.69) is 19.2 Å². The molecule has 1 saturated heterocycles. The van der Waals surface area contributed by atoms with Gasteiger partial charge >= 0.3 is 6.09 Å². The molecule has 5 heteroatoms. The van der Waals surface area contributed by atoms with E-state index in [4.69, 9.17) is 4.74 Å². The molecule has 2 bridgehead atoms. The molecule has 1 unspecified atom stereocenters. The minimum absolute atomic E-state index is 0.0988. The first-order valence-corrected chi connectivity index (χ1v) is 9.83. The molecule has 4 atom stereocenters. The molecule has 1 heterocycles. The number of rotatable bonds is 3. The van der Waals surface area contributed by atoms with Gasteiger partial charge in [0.25, 0.3) is 0 Å². The number of amides is 2. The van der Waals surface area contributed by atoms with Crippen molar-refractivity contribution in [2.24, 2.45) is 29.1 Å². The number of carbonyl (C=O) groups is 2. The number of fused-ring (bicyclic) bond motifs is 2. The SMILES string of the molecule is CC(C)(C)OC(=O)N1CCC(C(=O)NC[C@@H]2CC[C@H]3C[C@H]2C3(C)C)C1. The van der Waals surface area contributed by atoms with Crippen LogP contribution in [0.2, 0.25) is 0 Å². The number of likely N-dealkylation sites (tertiary alicyclic amines) is 1. The first kappa shape index (κ1) is 18.5. The predicted molar refractivity (Wildman–Crippen MR) is 97.0 cm³/mol. The Morgan fingerprint density at radius 1 is 1.20 bits per heavy atom. The lowest BCUT2D eigenvalue weighted by Crippen LogP contribution is -2.54. The number of nitrogens with one attached hydrogen (secondary N) is 1. The van der Waals surface area contributed by atoms with Crippen LogP contribution in [0.3, 0.4) is 0 Å². The fraction of sp³-hybridized carbons (Fsp3) is 0.900. The van der Waals surface area contributed by atoms with E-state index in [9.17, 15) is 9.59 Å². The average Bonchev–Trinajstić information content (AvgIpc) is 3.01. The highest BCUT2D eigenvalue weighted by Crippen LogP contribution is 2.61. The number of hydrogen-bond acceptors (Lipinski definition) is 3. The van der Waals surface area contributed by atoms with Gasteiger partial charge in [-0.1, -0.05) is 13.8 Å². The second kappa shape index (κ2) is 6.48. The van der Waals surface area contributed by atoms with E-state index in [1.165, 1.54) is 19.3 Å². The van der Waals surface area contributed by atoms with Gasteiger partial charge in [0.05, 0.1) is 5.92 Å². The van der Waals surface area contributed by atoms with Crippen LogP contribution in [0.1, 0.15) is 60.3 Å². The van der Waals surface area contributed by atoms with Gasteiger partial charge in [-0.05, 0) is 69.6 Å². The van der Waals surface area contributed by atoms with Crippen LogP contribution in [-0.4, -0.2) is 42.1 Å². The largest absolute Gasteiger partial charge is 0.444 e. The maximum absolute atomic E-state index is 12.5. The zero-order valence-electron chi connectivity index (χ0n) is 16.4. The summed E-state index contributed by atoms with van der Waals surface area (Å²) in [5.74, 6) is 2.27. The van der Waals surface area contributed by atoms with E-state index in [1.54, 1.807) is 4.90 Å². The van der Waals surface area contributed by atoms with Crippen molar-refractivity contribution in [2.75, 3.05) is 19.6 Å². The van der Waals surface area contributed by atoms with Crippen molar-refractivity contribution in [3.8, 4) is 0 Å². The van der Waals surface area contributed by atoms with Crippen LogP contribution in [0.25, 0.3) is 0 Å². The average molecular weight is 351 g/mol. The molecule has 142 valence electrons. The topological polar surface area (TPSA) is 58.6 Å². The van der Waals surface area contributed by atoms with Gasteiger partial charge in [-0.2, -0.15) is 0 Å². The third kappa shape index (κ3) is 3.80. The van der Waals surface area contributed by atoms with Crippen LogP contribution in [0.15, 0.2) is 0 Å². The van der Waals surface area contributed by atoms with Crippen molar-refractivity contribution in [2.45, 2.75) is 65.9 Å². The van der Waals surface area contributed by atoms with E-state index in [1.807, 2.05) is 20.8 Å². The first-order valence-electron chi connectivity index (χ1n) is 9.83. The Hall–Kier alpha value is -1.26. The lowest BCUT2D eigenvalue weighted by Gasteiger charge is -2.60. The Morgan fingerprint density at radius 2 is 1.92 bits per heavy atom. The van der Waals surface area contributed by atoms with Gasteiger partial charge in [0.2, 0.25) is 5.91 Å². The van der Waals surface area contributed by atoms with Crippen molar-refractivity contribution < 1.29 is 14.3 Å². The quantitative estimate of drug-likeness (QED) is 0.848. The summed E-state index contributed by atoms with van der Waals surface area (Å²) in [4.78, 5) is 26.3. The molecule has 4 aliphatic rings. The zero-order valence-corrected chi connectivity index (χ0v) is 16.4. The molecule has 0 aromatic rings. The number of carbonyl (C=O) groups excluding carboxylic acids is 2. The first-order chi connectivity index (χ1) is 11.6. The molecule has 4 rings (SSSR count). The maximum atomic E-state index is 12.5. The number of hydrogen-bond donors (Lipinski definition) is 1. The molecule has 2 amide bonds. The Bertz CT molecular complexity index is 536. The van der Waals surface area contributed by atoms with E-state index < -0.39 is 5.60 Å². The second-order valence-corrected chi connectivity index (χ2v) is 9.86. The van der Waals surface area contributed by atoms with E-state index in [-0.39, 0.29) is 17.9 Å². The molecular weight excluding hydrogens is 316 g/mol. The van der Waals surface area contributed by atoms with Crippen LogP contribution in [0, 0.1) is 29.1 Å². The molecule has 5 nitrogen and oxygen atoms in total. The lowest BCUT2D eigenvalue weighted by molar-refractivity contribution is -0.128. The van der Waals surface area contributed by atoms with Gasteiger partial charge in [0.1, 0.15) is 5.60 Å². The summed E-state index contributed by atoms with van der Waals surface area (Å²) in [5, 5.41) is 3.18. The second-order valence-electron chi connectivity index (χ2n) is 9.86. The van der Waals surface area contributed by atoms with Crippen molar-refractivity contribution in [3.63, 3.8) is 0 Å². The highest BCUT2D eigenvalue weighted by atomic mass is 16.6.